The number of nitrogens with zero attached hydrogens (tertiary/aromatic N) is 1. The molecule has 3 atom stereocenters. The lowest BCUT2D eigenvalue weighted by Crippen LogP contribution is -2.49. The van der Waals surface area contributed by atoms with Crippen LogP contribution in [0.4, 0.5) is 14.5 Å². The van der Waals surface area contributed by atoms with Gasteiger partial charge in [0.15, 0.2) is 0 Å². The average Bonchev–Trinajstić information content (AvgIpc) is 3.40. The fourth-order valence-corrected chi connectivity index (χ4v) is 5.21. The summed E-state index contributed by atoms with van der Waals surface area (Å²) in [6, 6.07) is 2.63. The first-order valence-corrected chi connectivity index (χ1v) is 12.2. The minimum atomic E-state index is -1.30. The second kappa shape index (κ2) is 10.5. The highest BCUT2D eigenvalue weighted by molar-refractivity contribution is 6.07. The van der Waals surface area contributed by atoms with Crippen molar-refractivity contribution < 1.29 is 27.8 Å². The maximum absolute atomic E-state index is 13.9. The largest absolute Gasteiger partial charge is 0.466 e. The first kappa shape index (κ1) is 25.3. The van der Waals surface area contributed by atoms with Crippen LogP contribution < -0.4 is 10.6 Å². The van der Waals surface area contributed by atoms with Crippen molar-refractivity contribution in [3.8, 4) is 0 Å². The lowest BCUT2D eigenvalue weighted by Gasteiger charge is -2.36. The molecule has 35 heavy (non-hydrogen) atoms. The number of likely N-dealkylation sites (tertiary alicyclic amines) is 1. The van der Waals surface area contributed by atoms with Crippen LogP contribution in [0.15, 0.2) is 41.5 Å². The molecule has 0 saturated carbocycles. The SMILES string of the molecule is CCCCC(Nc1cc(F)cc(F)c1)C12C=CC(O1)C(C(=O)NC1CCN(C)CC1)=C2C(=O)OC. The van der Waals surface area contributed by atoms with Gasteiger partial charge in [0.1, 0.15) is 23.3 Å². The van der Waals surface area contributed by atoms with E-state index in [9.17, 15) is 18.4 Å². The molecule has 190 valence electrons. The van der Waals surface area contributed by atoms with Gasteiger partial charge in [-0.25, -0.2) is 13.6 Å². The molecule has 1 amide bonds. The molecule has 1 aromatic carbocycles. The van der Waals surface area contributed by atoms with E-state index in [1.54, 1.807) is 12.2 Å². The Hall–Kier alpha value is -2.78. The molecular formula is C26H33F2N3O4. The molecule has 4 rings (SSSR count). The molecule has 7 nitrogen and oxygen atoms in total. The topological polar surface area (TPSA) is 79.9 Å². The highest BCUT2D eigenvalue weighted by Crippen LogP contribution is 2.47. The summed E-state index contributed by atoms with van der Waals surface area (Å²) in [7, 11) is 3.31. The normalized spacial score (nSPS) is 25.1. The van der Waals surface area contributed by atoms with E-state index < -0.39 is 35.4 Å². The molecule has 0 aromatic heterocycles. The van der Waals surface area contributed by atoms with Crippen molar-refractivity contribution in [2.24, 2.45) is 0 Å². The number of hydrogen-bond acceptors (Lipinski definition) is 6. The summed E-state index contributed by atoms with van der Waals surface area (Å²) in [6.45, 7) is 3.78. The molecule has 3 aliphatic rings. The van der Waals surface area contributed by atoms with Crippen molar-refractivity contribution in [1.29, 1.82) is 0 Å². The Morgan fingerprint density at radius 1 is 1.23 bits per heavy atom. The predicted octanol–water partition coefficient (Wildman–Crippen LogP) is 3.32. The summed E-state index contributed by atoms with van der Waals surface area (Å²) in [6.07, 6.45) is 6.64. The van der Waals surface area contributed by atoms with Crippen LogP contribution >= 0.6 is 0 Å². The van der Waals surface area contributed by atoms with Crippen molar-refractivity contribution in [2.45, 2.75) is 62.8 Å². The monoisotopic (exact) mass is 489 g/mol. The highest BCUT2D eigenvalue weighted by atomic mass is 19.1. The standard InChI is InChI=1S/C26H33F2N3O4/c1-4-5-6-21(29-19-14-16(27)13-17(28)15-19)26-10-7-20(35-26)22(23(26)25(33)34-3)24(32)30-18-8-11-31(2)12-9-18/h7,10,13-15,18,20-21,29H,4-6,8-9,11-12H2,1-3H3,(H,30,32). The second-order valence-electron chi connectivity index (χ2n) is 9.52. The number of anilines is 1. The van der Waals surface area contributed by atoms with Gasteiger partial charge < -0.3 is 25.0 Å². The average molecular weight is 490 g/mol. The van der Waals surface area contributed by atoms with Crippen LogP contribution in [0.3, 0.4) is 0 Å². The maximum Gasteiger partial charge on any atom is 0.337 e. The van der Waals surface area contributed by atoms with Crippen LogP contribution in [-0.2, 0) is 19.1 Å². The number of piperidine rings is 1. The van der Waals surface area contributed by atoms with E-state index in [4.69, 9.17) is 9.47 Å². The molecule has 2 N–H and O–H groups in total. The van der Waals surface area contributed by atoms with Gasteiger partial charge in [0.05, 0.1) is 24.3 Å². The number of ether oxygens (including phenoxy) is 2. The lowest BCUT2D eigenvalue weighted by atomic mass is 9.79. The third-order valence-electron chi connectivity index (χ3n) is 7.04. The molecule has 0 radical (unpaired) electrons. The van der Waals surface area contributed by atoms with Gasteiger partial charge in [0.2, 0.25) is 0 Å². The minimum absolute atomic E-state index is 0.00781. The zero-order valence-electron chi connectivity index (χ0n) is 20.4. The smallest absolute Gasteiger partial charge is 0.337 e. The summed E-state index contributed by atoms with van der Waals surface area (Å²) in [5.41, 5.74) is -0.683. The Morgan fingerprint density at radius 3 is 2.54 bits per heavy atom. The maximum atomic E-state index is 13.9. The number of unbranched alkanes of at least 4 members (excludes halogenated alkanes) is 1. The molecule has 1 saturated heterocycles. The van der Waals surface area contributed by atoms with Crippen molar-refractivity contribution in [2.75, 3.05) is 32.6 Å². The van der Waals surface area contributed by atoms with Crippen molar-refractivity contribution in [3.05, 3.63) is 53.1 Å². The van der Waals surface area contributed by atoms with Gasteiger partial charge in [-0.2, -0.15) is 0 Å². The summed E-state index contributed by atoms with van der Waals surface area (Å²) in [5.74, 6) is -2.43. The van der Waals surface area contributed by atoms with E-state index in [1.807, 2.05) is 14.0 Å². The van der Waals surface area contributed by atoms with Crippen LogP contribution in [0.1, 0.15) is 39.0 Å². The van der Waals surface area contributed by atoms with Gasteiger partial charge in [-0.3, -0.25) is 4.79 Å². The van der Waals surface area contributed by atoms with Gasteiger partial charge in [-0.1, -0.05) is 25.8 Å². The molecule has 0 spiro atoms. The van der Waals surface area contributed by atoms with E-state index in [1.165, 1.54) is 19.2 Å². The number of hydrogen-bond donors (Lipinski definition) is 2. The number of carbonyl (C=O) groups excluding carboxylic acids is 2. The number of fused-ring (bicyclic) bond motifs is 2. The number of halogens is 2. The number of amides is 1. The molecule has 9 heteroatoms. The number of nitrogens with one attached hydrogen (secondary N) is 2. The Morgan fingerprint density at radius 2 is 1.91 bits per heavy atom. The van der Waals surface area contributed by atoms with Crippen molar-refractivity contribution in [1.82, 2.24) is 10.2 Å². The first-order valence-electron chi connectivity index (χ1n) is 12.2. The summed E-state index contributed by atoms with van der Waals surface area (Å²) < 4.78 is 39.2. The van der Waals surface area contributed by atoms with Gasteiger partial charge in [0.25, 0.3) is 5.91 Å². The zero-order chi connectivity index (χ0) is 25.2. The number of methoxy groups -OCH3 is 1. The minimum Gasteiger partial charge on any atom is -0.466 e. The van der Waals surface area contributed by atoms with Crippen molar-refractivity contribution >= 4 is 17.6 Å². The molecule has 1 aromatic rings. The van der Waals surface area contributed by atoms with Crippen LogP contribution in [0.25, 0.3) is 0 Å². The number of benzene rings is 1. The molecule has 3 unspecified atom stereocenters. The molecule has 3 aliphatic heterocycles. The summed E-state index contributed by atoms with van der Waals surface area (Å²) in [4.78, 5) is 28.7. The first-order chi connectivity index (χ1) is 16.8. The highest BCUT2D eigenvalue weighted by Gasteiger charge is 2.58. The van der Waals surface area contributed by atoms with Gasteiger partial charge in [-0.05, 0) is 57.6 Å². The Bertz CT molecular complexity index is 1020. The number of rotatable bonds is 9. The third-order valence-corrected chi connectivity index (χ3v) is 7.04. The van der Waals surface area contributed by atoms with E-state index in [-0.39, 0.29) is 28.8 Å². The van der Waals surface area contributed by atoms with Crippen LogP contribution in [0, 0.1) is 11.6 Å². The van der Waals surface area contributed by atoms with Gasteiger partial charge >= 0.3 is 5.97 Å². The predicted molar refractivity (Wildman–Crippen MR) is 128 cm³/mol. The van der Waals surface area contributed by atoms with Gasteiger partial charge in [-0.15, -0.1) is 0 Å². The lowest BCUT2D eigenvalue weighted by molar-refractivity contribution is -0.138. The number of carbonyl (C=O) groups is 2. The second-order valence-corrected chi connectivity index (χ2v) is 9.52. The van der Waals surface area contributed by atoms with E-state index in [0.717, 1.165) is 44.8 Å². The summed E-state index contributed by atoms with van der Waals surface area (Å²) in [5, 5.41) is 6.25. The van der Waals surface area contributed by atoms with E-state index in [0.29, 0.717) is 6.42 Å². The third kappa shape index (κ3) is 5.11. The number of esters is 1. The fourth-order valence-electron chi connectivity index (χ4n) is 5.21. The summed E-state index contributed by atoms with van der Waals surface area (Å²) >= 11 is 0. The van der Waals surface area contributed by atoms with Crippen molar-refractivity contribution in [3.63, 3.8) is 0 Å². The Kier molecular flexibility index (Phi) is 7.56. The Balaban J connectivity index is 1.68. The molecule has 0 aliphatic carbocycles. The molecular weight excluding hydrogens is 456 g/mol. The quantitative estimate of drug-likeness (QED) is 0.409. The zero-order valence-corrected chi connectivity index (χ0v) is 20.4. The Labute approximate surface area is 204 Å². The molecule has 1 fully saturated rings. The van der Waals surface area contributed by atoms with Crippen LogP contribution in [0.2, 0.25) is 0 Å². The van der Waals surface area contributed by atoms with Gasteiger partial charge in [0, 0.05) is 17.8 Å². The molecule has 3 heterocycles. The fraction of sp³-hybridized carbons (Fsp3) is 0.538. The molecule has 2 bridgehead atoms. The van der Waals surface area contributed by atoms with Crippen LogP contribution in [0.5, 0.6) is 0 Å². The van der Waals surface area contributed by atoms with Crippen LogP contribution in [-0.4, -0.2) is 67.8 Å². The van der Waals surface area contributed by atoms with E-state index >= 15 is 0 Å². The van der Waals surface area contributed by atoms with E-state index in [2.05, 4.69) is 15.5 Å².